The maximum Gasteiger partial charge on any atom is 0.0858 e. The van der Waals surface area contributed by atoms with Crippen LogP contribution in [0.1, 0.15) is 68.6 Å². The third-order valence-electron chi connectivity index (χ3n) is 7.44. The fourth-order valence-electron chi connectivity index (χ4n) is 5.72. The molecule has 4 aromatic heterocycles. The van der Waals surface area contributed by atoms with Gasteiger partial charge in [0.25, 0.3) is 0 Å². The van der Waals surface area contributed by atoms with Crippen LogP contribution in [0, 0.1) is 0 Å². The van der Waals surface area contributed by atoms with E-state index in [1.807, 2.05) is 36.7 Å². The van der Waals surface area contributed by atoms with Gasteiger partial charge in [0, 0.05) is 12.4 Å². The summed E-state index contributed by atoms with van der Waals surface area (Å²) >= 11 is 0. The SMILES string of the molecule is c1ccc(C2c3cccc(c3)C(c3ccccn3)c3cccc(n3)C(c3ccccn3)c3cccc2n3)cc1. The first-order valence-corrected chi connectivity index (χ1v) is 13.3. The quantitative estimate of drug-likeness (QED) is 0.258. The summed E-state index contributed by atoms with van der Waals surface area (Å²) in [5.41, 5.74) is 9.26. The molecule has 0 fully saturated rings. The molecule has 5 heterocycles. The Kier molecular flexibility index (Phi) is 5.98. The molecule has 4 nitrogen and oxygen atoms in total. The molecule has 7 rings (SSSR count). The van der Waals surface area contributed by atoms with Crippen LogP contribution in [0.25, 0.3) is 0 Å². The second-order valence-electron chi connectivity index (χ2n) is 9.86. The van der Waals surface area contributed by atoms with Gasteiger partial charge in [0.2, 0.25) is 0 Å². The smallest absolute Gasteiger partial charge is 0.0858 e. The summed E-state index contributed by atoms with van der Waals surface area (Å²) in [6.45, 7) is 0. The molecular weight excluding hydrogens is 476 g/mol. The number of fused-ring (bicyclic) bond motifs is 6. The monoisotopic (exact) mass is 502 g/mol. The molecule has 0 spiro atoms. The van der Waals surface area contributed by atoms with E-state index in [-0.39, 0.29) is 17.8 Å². The van der Waals surface area contributed by atoms with Crippen molar-refractivity contribution in [1.29, 1.82) is 0 Å². The molecule has 39 heavy (non-hydrogen) atoms. The molecule has 6 aromatic rings. The van der Waals surface area contributed by atoms with Crippen molar-refractivity contribution in [2.24, 2.45) is 0 Å². The standard InChI is InChI=1S/C35H26N4/c1-2-11-24(12-3-1)33-25-13-8-14-26(23-25)34(27-15-4-6-21-36-27)30-18-10-20-32(39-30)35(28-16-5-7-22-37-28)31-19-9-17-29(33)38-31/h1-23,33-35H. The maximum atomic E-state index is 5.31. The number of aromatic nitrogens is 4. The topological polar surface area (TPSA) is 51.6 Å². The highest BCUT2D eigenvalue weighted by Crippen LogP contribution is 2.38. The molecule has 0 N–H and O–H groups in total. The summed E-state index contributed by atoms with van der Waals surface area (Å²) in [5, 5.41) is 0. The van der Waals surface area contributed by atoms with Gasteiger partial charge in [-0.15, -0.1) is 0 Å². The van der Waals surface area contributed by atoms with Gasteiger partial charge in [-0.3, -0.25) is 19.9 Å². The Morgan fingerprint density at radius 1 is 0.333 bits per heavy atom. The number of nitrogens with zero attached hydrogens (tertiary/aromatic N) is 4. The van der Waals surface area contributed by atoms with Crippen molar-refractivity contribution in [3.8, 4) is 0 Å². The zero-order valence-electron chi connectivity index (χ0n) is 21.3. The Bertz CT molecular complexity index is 1450. The Hall–Kier alpha value is -4.96. The van der Waals surface area contributed by atoms with Crippen LogP contribution in [-0.4, -0.2) is 19.9 Å². The van der Waals surface area contributed by atoms with Crippen LogP contribution in [-0.2, 0) is 0 Å². The van der Waals surface area contributed by atoms with Crippen molar-refractivity contribution in [2.75, 3.05) is 0 Å². The molecule has 0 aliphatic carbocycles. The van der Waals surface area contributed by atoms with Gasteiger partial charge in [-0.25, -0.2) is 0 Å². The fourth-order valence-corrected chi connectivity index (χ4v) is 5.72. The van der Waals surface area contributed by atoms with E-state index in [4.69, 9.17) is 19.9 Å². The highest BCUT2D eigenvalue weighted by atomic mass is 14.8. The van der Waals surface area contributed by atoms with Gasteiger partial charge in [-0.1, -0.05) is 78.9 Å². The van der Waals surface area contributed by atoms with E-state index in [2.05, 4.69) is 103 Å². The Labute approximate surface area is 228 Å². The van der Waals surface area contributed by atoms with E-state index in [9.17, 15) is 0 Å². The van der Waals surface area contributed by atoms with Crippen LogP contribution >= 0.6 is 0 Å². The summed E-state index contributed by atoms with van der Waals surface area (Å²) in [6, 6.07) is 44.2. The molecule has 2 aromatic carbocycles. The molecule has 186 valence electrons. The van der Waals surface area contributed by atoms with Crippen LogP contribution in [0.2, 0.25) is 0 Å². The first kappa shape index (κ1) is 23.2. The molecule has 0 saturated carbocycles. The highest BCUT2D eigenvalue weighted by molar-refractivity contribution is 5.48. The summed E-state index contributed by atoms with van der Waals surface area (Å²) in [5.74, 6) is -0.340. The maximum absolute atomic E-state index is 5.31. The van der Waals surface area contributed by atoms with Crippen molar-refractivity contribution in [3.63, 3.8) is 0 Å². The zero-order chi connectivity index (χ0) is 26.0. The summed E-state index contributed by atoms with van der Waals surface area (Å²) in [6.07, 6.45) is 3.70. The van der Waals surface area contributed by atoms with Gasteiger partial charge in [0.05, 0.1) is 51.9 Å². The van der Waals surface area contributed by atoms with Gasteiger partial charge in [0.1, 0.15) is 0 Å². The normalized spacial score (nSPS) is 18.0. The molecule has 0 saturated heterocycles. The zero-order valence-corrected chi connectivity index (χ0v) is 21.3. The third kappa shape index (κ3) is 4.40. The second kappa shape index (κ2) is 10.1. The van der Waals surface area contributed by atoms with Gasteiger partial charge < -0.3 is 0 Å². The summed E-state index contributed by atoms with van der Waals surface area (Å²) < 4.78 is 0. The minimum atomic E-state index is -0.204. The number of benzene rings is 2. The molecule has 3 atom stereocenters. The van der Waals surface area contributed by atoms with E-state index in [0.29, 0.717) is 0 Å². The average molecular weight is 503 g/mol. The predicted octanol–water partition coefficient (Wildman–Crippen LogP) is 7.12. The van der Waals surface area contributed by atoms with E-state index in [1.165, 1.54) is 11.1 Å². The lowest BCUT2D eigenvalue weighted by molar-refractivity contribution is 0.780. The molecule has 0 radical (unpaired) electrons. The molecule has 6 bridgehead atoms. The van der Waals surface area contributed by atoms with E-state index in [0.717, 1.165) is 39.7 Å². The highest BCUT2D eigenvalue weighted by Gasteiger charge is 2.28. The summed E-state index contributed by atoms with van der Waals surface area (Å²) in [4.78, 5) is 20.2. The van der Waals surface area contributed by atoms with Gasteiger partial charge in [-0.2, -0.15) is 0 Å². The lowest BCUT2D eigenvalue weighted by Gasteiger charge is -2.25. The molecule has 1 aliphatic rings. The number of hydrogen-bond acceptors (Lipinski definition) is 4. The van der Waals surface area contributed by atoms with Crippen LogP contribution in [0.5, 0.6) is 0 Å². The van der Waals surface area contributed by atoms with Crippen molar-refractivity contribution in [2.45, 2.75) is 17.8 Å². The van der Waals surface area contributed by atoms with E-state index in [1.54, 1.807) is 0 Å². The minimum absolute atomic E-state index is 0.0226. The van der Waals surface area contributed by atoms with Gasteiger partial charge in [0.15, 0.2) is 0 Å². The van der Waals surface area contributed by atoms with Crippen LogP contribution in [0.15, 0.2) is 140 Å². The van der Waals surface area contributed by atoms with Crippen molar-refractivity contribution in [1.82, 2.24) is 19.9 Å². The van der Waals surface area contributed by atoms with Crippen molar-refractivity contribution in [3.05, 3.63) is 191 Å². The van der Waals surface area contributed by atoms with Crippen LogP contribution in [0.3, 0.4) is 0 Å². The van der Waals surface area contributed by atoms with Crippen molar-refractivity contribution < 1.29 is 0 Å². The van der Waals surface area contributed by atoms with E-state index < -0.39 is 0 Å². The Balaban J connectivity index is 1.55. The number of rotatable bonds is 3. The van der Waals surface area contributed by atoms with Crippen LogP contribution in [0.4, 0.5) is 0 Å². The molecule has 1 aliphatic heterocycles. The Morgan fingerprint density at radius 3 is 1.36 bits per heavy atom. The number of hydrogen-bond donors (Lipinski definition) is 0. The fraction of sp³-hybridized carbons (Fsp3) is 0.0857. The van der Waals surface area contributed by atoms with Gasteiger partial charge >= 0.3 is 0 Å². The number of pyridine rings is 4. The van der Waals surface area contributed by atoms with Crippen LogP contribution < -0.4 is 0 Å². The van der Waals surface area contributed by atoms with Crippen molar-refractivity contribution >= 4 is 0 Å². The van der Waals surface area contributed by atoms with Gasteiger partial charge in [-0.05, 0) is 65.2 Å². The minimum Gasteiger partial charge on any atom is -0.260 e. The first-order chi connectivity index (χ1) is 19.3. The average Bonchev–Trinajstić information content (AvgIpc) is 3.00. The Morgan fingerprint density at radius 2 is 0.769 bits per heavy atom. The molecule has 4 heteroatoms. The lowest BCUT2D eigenvalue weighted by atomic mass is 9.83. The summed E-state index contributed by atoms with van der Waals surface area (Å²) in [7, 11) is 0. The molecule has 0 amide bonds. The molecule has 3 unspecified atom stereocenters. The lowest BCUT2D eigenvalue weighted by Crippen LogP contribution is -2.16. The predicted molar refractivity (Wildman–Crippen MR) is 153 cm³/mol. The largest absolute Gasteiger partial charge is 0.260 e. The molecular formula is C35H26N4. The second-order valence-corrected chi connectivity index (χ2v) is 9.86. The van der Waals surface area contributed by atoms with E-state index >= 15 is 0 Å². The first-order valence-electron chi connectivity index (χ1n) is 13.3. The third-order valence-corrected chi connectivity index (χ3v) is 7.44.